The summed E-state index contributed by atoms with van der Waals surface area (Å²) in [6.07, 6.45) is -0.0790. The van der Waals surface area contributed by atoms with Crippen molar-refractivity contribution in [2.45, 2.75) is 18.5 Å². The molecule has 0 bridgehead atoms. The van der Waals surface area contributed by atoms with Crippen molar-refractivity contribution >= 4 is 57.2 Å². The summed E-state index contributed by atoms with van der Waals surface area (Å²) in [6.45, 7) is 1.33. The van der Waals surface area contributed by atoms with E-state index in [9.17, 15) is 19.1 Å². The molecule has 4 aromatic rings. The Kier molecular flexibility index (Phi) is 5.14. The minimum absolute atomic E-state index is 0.0790. The molecule has 0 saturated carbocycles. The third-order valence-electron chi connectivity index (χ3n) is 5.36. The number of carbonyl (C=O) groups is 1. The Morgan fingerprint density at radius 2 is 1.79 bits per heavy atom. The Balaban J connectivity index is 1.80. The van der Waals surface area contributed by atoms with Gasteiger partial charge in [0.25, 0.3) is 0 Å². The summed E-state index contributed by atoms with van der Waals surface area (Å²) in [5.74, 6) is -0.527. The predicted molar refractivity (Wildman–Crippen MR) is 119 cm³/mol. The van der Waals surface area contributed by atoms with Crippen LogP contribution in [0.15, 0.2) is 66.0 Å². The van der Waals surface area contributed by atoms with E-state index in [2.05, 4.69) is 0 Å². The van der Waals surface area contributed by atoms with E-state index in [1.807, 2.05) is 42.5 Å². The zero-order valence-electron chi connectivity index (χ0n) is 15.5. The highest BCUT2D eigenvalue weighted by Crippen LogP contribution is 2.59. The monoisotopic (exact) mass is 444 g/mol. The Labute approximate surface area is 176 Å². The third-order valence-corrected chi connectivity index (χ3v) is 8.22. The van der Waals surface area contributed by atoms with E-state index in [1.165, 1.54) is 18.3 Å². The fourth-order valence-electron chi connectivity index (χ4n) is 3.55. The van der Waals surface area contributed by atoms with Crippen LogP contribution in [0.4, 0.5) is 0 Å². The molecule has 0 spiro atoms. The maximum absolute atomic E-state index is 13.3. The Morgan fingerprint density at radius 3 is 2.52 bits per heavy atom. The zero-order valence-corrected chi connectivity index (χ0v) is 18.0. The van der Waals surface area contributed by atoms with Gasteiger partial charge in [-0.3, -0.25) is 9.36 Å². The average Bonchev–Trinajstić information content (AvgIpc) is 3.09. The number of carbonyl (C=O) groups excluding carboxylic acids is 1. The van der Waals surface area contributed by atoms with Crippen LogP contribution >= 0.6 is 30.5 Å². The highest BCUT2D eigenvalue weighted by Gasteiger charge is 2.51. The zero-order chi connectivity index (χ0) is 20.8. The molecule has 29 heavy (non-hydrogen) atoms. The van der Waals surface area contributed by atoms with E-state index in [1.54, 1.807) is 23.6 Å². The molecule has 1 heterocycles. The molecular weight excluding hydrogens is 427 g/mol. The van der Waals surface area contributed by atoms with E-state index in [0.29, 0.717) is 21.5 Å². The number of Topliss-reactive ketones (excluding diaryl/α,β-unsaturated/α-hetero) is 1. The number of benzene rings is 3. The Bertz CT molecular complexity index is 1290. The smallest absolute Gasteiger partial charge is 0.323 e. The van der Waals surface area contributed by atoms with Gasteiger partial charge < -0.3 is 9.79 Å². The molecule has 4 rings (SSSR count). The minimum Gasteiger partial charge on any atom is -0.323 e. The van der Waals surface area contributed by atoms with Crippen molar-refractivity contribution in [1.82, 2.24) is 0 Å². The highest BCUT2D eigenvalue weighted by atomic mass is 35.5. The van der Waals surface area contributed by atoms with Crippen molar-refractivity contribution in [2.75, 3.05) is 0 Å². The summed E-state index contributed by atoms with van der Waals surface area (Å²) in [7, 11) is -4.82. The molecule has 0 amide bonds. The minimum atomic E-state index is -4.82. The second-order valence-electron chi connectivity index (χ2n) is 7.19. The SMILES string of the molecule is CC(C(=O)Cc1ccc2ccccc2c1)(c1csc2ccc(Cl)cc12)P(=O)(O)O. The molecule has 0 saturated heterocycles. The van der Waals surface area contributed by atoms with Gasteiger partial charge in [-0.15, -0.1) is 11.3 Å². The Hall–Kier alpha value is -2.01. The fourth-order valence-corrected chi connectivity index (χ4v) is 5.77. The van der Waals surface area contributed by atoms with Crippen molar-refractivity contribution in [3.05, 3.63) is 82.2 Å². The summed E-state index contributed by atoms with van der Waals surface area (Å²) < 4.78 is 13.4. The Morgan fingerprint density at radius 1 is 1.07 bits per heavy atom. The maximum atomic E-state index is 13.3. The molecule has 0 aliphatic carbocycles. The summed E-state index contributed by atoms with van der Waals surface area (Å²) in [5, 5.41) is 2.76. The first-order valence-corrected chi connectivity index (χ1v) is 11.8. The maximum Gasteiger partial charge on any atom is 0.343 e. The van der Waals surface area contributed by atoms with Crippen molar-refractivity contribution < 1.29 is 19.1 Å². The quantitative estimate of drug-likeness (QED) is 0.375. The summed E-state index contributed by atoms with van der Waals surface area (Å²) >= 11 is 7.44. The normalized spacial score (nSPS) is 14.2. The van der Waals surface area contributed by atoms with Crippen LogP contribution in [0.3, 0.4) is 0 Å². The van der Waals surface area contributed by atoms with Crippen molar-refractivity contribution in [2.24, 2.45) is 0 Å². The van der Waals surface area contributed by atoms with E-state index in [0.717, 1.165) is 15.5 Å². The molecule has 1 atom stereocenters. The van der Waals surface area contributed by atoms with Gasteiger partial charge in [0.05, 0.1) is 0 Å². The lowest BCUT2D eigenvalue weighted by molar-refractivity contribution is -0.121. The molecular formula is C22H18ClO4PS. The molecule has 7 heteroatoms. The number of halogens is 1. The largest absolute Gasteiger partial charge is 0.343 e. The number of hydrogen-bond donors (Lipinski definition) is 2. The fraction of sp³-hybridized carbons (Fsp3) is 0.136. The van der Waals surface area contributed by atoms with Crippen LogP contribution < -0.4 is 0 Å². The van der Waals surface area contributed by atoms with Gasteiger partial charge >= 0.3 is 7.60 Å². The van der Waals surface area contributed by atoms with E-state index in [-0.39, 0.29) is 6.42 Å². The first kappa shape index (κ1) is 20.3. The molecule has 148 valence electrons. The van der Waals surface area contributed by atoms with Crippen LogP contribution in [0, 0.1) is 0 Å². The lowest BCUT2D eigenvalue weighted by Crippen LogP contribution is -2.33. The van der Waals surface area contributed by atoms with Gasteiger partial charge in [0.15, 0.2) is 10.9 Å². The first-order valence-electron chi connectivity index (χ1n) is 8.94. The van der Waals surface area contributed by atoms with Crippen LogP contribution in [0.5, 0.6) is 0 Å². The lowest BCUT2D eigenvalue weighted by Gasteiger charge is -2.29. The van der Waals surface area contributed by atoms with Gasteiger partial charge in [-0.2, -0.15) is 0 Å². The number of hydrogen-bond acceptors (Lipinski definition) is 3. The van der Waals surface area contributed by atoms with Gasteiger partial charge in [-0.1, -0.05) is 54.1 Å². The first-order chi connectivity index (χ1) is 13.7. The van der Waals surface area contributed by atoms with Gasteiger partial charge in [-0.25, -0.2) is 0 Å². The van der Waals surface area contributed by atoms with Crippen molar-refractivity contribution in [1.29, 1.82) is 0 Å². The van der Waals surface area contributed by atoms with Gasteiger partial charge in [0.1, 0.15) is 0 Å². The van der Waals surface area contributed by atoms with E-state index < -0.39 is 18.5 Å². The summed E-state index contributed by atoms with van der Waals surface area (Å²) in [6, 6.07) is 18.5. The van der Waals surface area contributed by atoms with E-state index >= 15 is 0 Å². The van der Waals surface area contributed by atoms with E-state index in [4.69, 9.17) is 11.6 Å². The number of rotatable bonds is 5. The average molecular weight is 445 g/mol. The van der Waals surface area contributed by atoms with Gasteiger partial charge in [-0.05, 0) is 57.8 Å². The van der Waals surface area contributed by atoms with Crippen LogP contribution in [0.25, 0.3) is 20.9 Å². The third kappa shape index (κ3) is 3.54. The molecule has 0 aliphatic heterocycles. The van der Waals surface area contributed by atoms with Crippen LogP contribution in [0.2, 0.25) is 5.02 Å². The topological polar surface area (TPSA) is 74.6 Å². The number of ketones is 1. The highest BCUT2D eigenvalue weighted by molar-refractivity contribution is 7.54. The summed E-state index contributed by atoms with van der Waals surface area (Å²) in [4.78, 5) is 33.8. The lowest BCUT2D eigenvalue weighted by atomic mass is 9.90. The van der Waals surface area contributed by atoms with Crippen LogP contribution in [-0.2, 0) is 20.9 Å². The predicted octanol–water partition coefficient (Wildman–Crippen LogP) is 5.91. The van der Waals surface area contributed by atoms with Crippen LogP contribution in [-0.4, -0.2) is 15.6 Å². The summed E-state index contributed by atoms with van der Waals surface area (Å²) in [5.41, 5.74) is 1.03. The molecule has 1 unspecified atom stereocenters. The second-order valence-corrected chi connectivity index (χ2v) is 10.5. The molecule has 4 nitrogen and oxygen atoms in total. The molecule has 0 aliphatic rings. The molecule has 0 radical (unpaired) electrons. The van der Waals surface area contributed by atoms with Crippen molar-refractivity contribution in [3.8, 4) is 0 Å². The van der Waals surface area contributed by atoms with Gasteiger partial charge in [0, 0.05) is 16.1 Å². The molecule has 3 aromatic carbocycles. The molecule has 1 aromatic heterocycles. The standard InChI is InChI=1S/C22H18ClO4PS/c1-22(28(25,26)27,19-13-29-20-9-8-17(23)12-18(19)20)21(24)11-14-6-7-15-4-2-3-5-16(15)10-14/h2-10,12-13H,11H2,1H3,(H2,25,26,27). The number of fused-ring (bicyclic) bond motifs is 2. The molecule has 2 N–H and O–H groups in total. The number of thiophene rings is 1. The molecule has 0 fully saturated rings. The van der Waals surface area contributed by atoms with Gasteiger partial charge in [0.2, 0.25) is 0 Å². The van der Waals surface area contributed by atoms with Crippen molar-refractivity contribution in [3.63, 3.8) is 0 Å². The van der Waals surface area contributed by atoms with Crippen LogP contribution in [0.1, 0.15) is 18.1 Å². The second kappa shape index (κ2) is 7.35.